The molecule has 0 spiro atoms. The maximum absolute atomic E-state index is 12.4. The van der Waals surface area contributed by atoms with Gasteiger partial charge in [-0.05, 0) is 30.7 Å². The smallest absolute Gasteiger partial charge is 0.327 e. The Hall–Kier alpha value is -1.15. The zero-order chi connectivity index (χ0) is 15.0. The van der Waals surface area contributed by atoms with Crippen molar-refractivity contribution in [2.45, 2.75) is 23.8 Å². The van der Waals surface area contributed by atoms with E-state index in [-0.39, 0.29) is 24.5 Å². The zero-order valence-electron chi connectivity index (χ0n) is 10.7. The largest absolute Gasteiger partial charge is 0.480 e. The van der Waals surface area contributed by atoms with Gasteiger partial charge in [0.05, 0.1) is 11.5 Å². The number of rotatable bonds is 4. The van der Waals surface area contributed by atoms with E-state index < -0.39 is 21.5 Å². The first-order valence-corrected chi connectivity index (χ1v) is 7.74. The third kappa shape index (κ3) is 2.80. The van der Waals surface area contributed by atoms with Gasteiger partial charge in [-0.25, -0.2) is 8.42 Å². The molecule has 1 saturated heterocycles. The van der Waals surface area contributed by atoms with Gasteiger partial charge in [0.1, 0.15) is 0 Å². The van der Waals surface area contributed by atoms with Crippen LogP contribution in [0.1, 0.15) is 12.0 Å². The molecule has 6 nitrogen and oxygen atoms in total. The second kappa shape index (κ2) is 5.33. The van der Waals surface area contributed by atoms with E-state index >= 15 is 0 Å². The van der Waals surface area contributed by atoms with Crippen molar-refractivity contribution in [3.63, 3.8) is 0 Å². The van der Waals surface area contributed by atoms with Crippen LogP contribution in [0.3, 0.4) is 0 Å². The Morgan fingerprint density at radius 2 is 2.20 bits per heavy atom. The van der Waals surface area contributed by atoms with Crippen molar-refractivity contribution in [3.05, 3.63) is 28.8 Å². The summed E-state index contributed by atoms with van der Waals surface area (Å²) in [7, 11) is -3.96. The normalized spacial score (nSPS) is 22.9. The van der Waals surface area contributed by atoms with Gasteiger partial charge in [-0.15, -0.1) is 0 Å². The number of aliphatic carboxylic acids is 1. The molecule has 0 radical (unpaired) electrons. The first-order chi connectivity index (χ1) is 9.27. The molecule has 1 heterocycles. The van der Waals surface area contributed by atoms with E-state index in [0.717, 1.165) is 0 Å². The third-order valence-electron chi connectivity index (χ3n) is 3.19. The van der Waals surface area contributed by atoms with Gasteiger partial charge in [0.15, 0.2) is 5.54 Å². The van der Waals surface area contributed by atoms with E-state index in [1.807, 2.05) is 0 Å². The van der Waals surface area contributed by atoms with E-state index in [9.17, 15) is 18.3 Å². The number of carboxylic acid groups (broad SMARTS) is 1. The maximum Gasteiger partial charge on any atom is 0.327 e. The van der Waals surface area contributed by atoms with Crippen LogP contribution in [0.4, 0.5) is 0 Å². The molecule has 0 saturated carbocycles. The summed E-state index contributed by atoms with van der Waals surface area (Å²) in [5, 5.41) is 9.67. The Balaban J connectivity index is 2.38. The topological polar surface area (TPSA) is 92.7 Å². The number of carboxylic acids is 1. The molecule has 2 rings (SSSR count). The minimum Gasteiger partial charge on any atom is -0.480 e. The monoisotopic (exact) mass is 319 g/mol. The predicted octanol–water partition coefficient (Wildman–Crippen LogP) is 1.17. The molecule has 1 fully saturated rings. The molecule has 1 unspecified atom stereocenters. The van der Waals surface area contributed by atoms with Gasteiger partial charge in [0.2, 0.25) is 10.0 Å². The van der Waals surface area contributed by atoms with Gasteiger partial charge < -0.3 is 9.84 Å². The Labute approximate surface area is 121 Å². The quantitative estimate of drug-likeness (QED) is 0.869. The molecular weight excluding hydrogens is 306 g/mol. The lowest BCUT2D eigenvalue weighted by atomic mass is 10.0. The fourth-order valence-corrected chi connectivity index (χ4v) is 3.91. The van der Waals surface area contributed by atoms with Gasteiger partial charge in [-0.1, -0.05) is 11.6 Å². The maximum atomic E-state index is 12.4. The predicted molar refractivity (Wildman–Crippen MR) is 72.3 cm³/mol. The van der Waals surface area contributed by atoms with E-state index in [1.165, 1.54) is 18.2 Å². The summed E-state index contributed by atoms with van der Waals surface area (Å²) in [4.78, 5) is 11.4. The van der Waals surface area contributed by atoms with Gasteiger partial charge >= 0.3 is 5.97 Å². The van der Waals surface area contributed by atoms with Crippen LogP contribution in [0, 0.1) is 6.92 Å². The van der Waals surface area contributed by atoms with Crippen molar-refractivity contribution in [2.75, 3.05) is 13.2 Å². The molecule has 2 N–H and O–H groups in total. The summed E-state index contributed by atoms with van der Waals surface area (Å²) < 4.78 is 32.0. The lowest BCUT2D eigenvalue weighted by Gasteiger charge is -2.24. The van der Waals surface area contributed by atoms with Crippen LogP contribution in [-0.4, -0.2) is 38.2 Å². The summed E-state index contributed by atoms with van der Waals surface area (Å²) in [6, 6.07) is 4.31. The first-order valence-electron chi connectivity index (χ1n) is 5.88. The lowest BCUT2D eigenvalue weighted by molar-refractivity contribution is -0.144. The van der Waals surface area contributed by atoms with Crippen LogP contribution in [0.15, 0.2) is 23.1 Å². The number of hydrogen-bond donors (Lipinski definition) is 2. The van der Waals surface area contributed by atoms with Gasteiger partial charge in [0.25, 0.3) is 0 Å². The van der Waals surface area contributed by atoms with Gasteiger partial charge in [-0.2, -0.15) is 4.72 Å². The molecule has 1 aromatic rings. The number of ether oxygens (including phenoxy) is 1. The third-order valence-corrected chi connectivity index (χ3v) is 5.12. The first kappa shape index (κ1) is 15.2. The second-order valence-electron chi connectivity index (χ2n) is 4.71. The highest BCUT2D eigenvalue weighted by Crippen LogP contribution is 2.25. The number of benzene rings is 1. The van der Waals surface area contributed by atoms with Crippen molar-refractivity contribution >= 4 is 27.6 Å². The highest BCUT2D eigenvalue weighted by molar-refractivity contribution is 7.89. The molecule has 1 aliphatic heterocycles. The number of carbonyl (C=O) groups is 1. The molecule has 0 aliphatic carbocycles. The molecular formula is C12H14ClNO5S. The Morgan fingerprint density at radius 1 is 1.50 bits per heavy atom. The molecule has 1 aliphatic rings. The van der Waals surface area contributed by atoms with E-state index in [2.05, 4.69) is 4.72 Å². The zero-order valence-corrected chi connectivity index (χ0v) is 12.3. The van der Waals surface area contributed by atoms with E-state index in [0.29, 0.717) is 10.6 Å². The summed E-state index contributed by atoms with van der Waals surface area (Å²) in [6.07, 6.45) is 0.0915. The van der Waals surface area contributed by atoms with Crippen molar-refractivity contribution in [3.8, 4) is 0 Å². The Bertz CT molecular complexity index is 637. The molecule has 20 heavy (non-hydrogen) atoms. The summed E-state index contributed by atoms with van der Waals surface area (Å²) >= 11 is 5.79. The van der Waals surface area contributed by atoms with Crippen LogP contribution >= 0.6 is 11.6 Å². The molecule has 8 heteroatoms. The average Bonchev–Trinajstić information content (AvgIpc) is 2.77. The molecule has 110 valence electrons. The van der Waals surface area contributed by atoms with Crippen LogP contribution in [0.25, 0.3) is 0 Å². The fourth-order valence-electron chi connectivity index (χ4n) is 2.08. The lowest BCUT2D eigenvalue weighted by Crippen LogP contribution is -2.55. The Morgan fingerprint density at radius 3 is 2.70 bits per heavy atom. The van der Waals surface area contributed by atoms with Crippen LogP contribution in [-0.2, 0) is 19.6 Å². The Kier molecular flexibility index (Phi) is 4.06. The molecule has 1 atom stereocenters. The van der Waals surface area contributed by atoms with E-state index in [1.54, 1.807) is 6.92 Å². The molecule has 0 amide bonds. The highest BCUT2D eigenvalue weighted by atomic mass is 35.5. The number of nitrogens with one attached hydrogen (secondary N) is 1. The fraction of sp³-hybridized carbons (Fsp3) is 0.417. The van der Waals surface area contributed by atoms with Crippen molar-refractivity contribution in [1.29, 1.82) is 0 Å². The van der Waals surface area contributed by atoms with E-state index in [4.69, 9.17) is 16.3 Å². The second-order valence-corrected chi connectivity index (χ2v) is 6.79. The van der Waals surface area contributed by atoms with Crippen molar-refractivity contribution in [2.24, 2.45) is 0 Å². The highest BCUT2D eigenvalue weighted by Gasteiger charge is 2.46. The summed E-state index contributed by atoms with van der Waals surface area (Å²) in [6.45, 7) is 1.61. The van der Waals surface area contributed by atoms with Crippen LogP contribution in [0.2, 0.25) is 5.02 Å². The summed E-state index contributed by atoms with van der Waals surface area (Å²) in [5.74, 6) is -1.25. The average molecular weight is 320 g/mol. The van der Waals surface area contributed by atoms with Crippen LogP contribution < -0.4 is 4.72 Å². The molecule has 0 aromatic heterocycles. The summed E-state index contributed by atoms with van der Waals surface area (Å²) in [5.41, 5.74) is -1.16. The number of halogens is 1. The number of hydrogen-bond acceptors (Lipinski definition) is 4. The van der Waals surface area contributed by atoms with Crippen molar-refractivity contribution in [1.82, 2.24) is 4.72 Å². The van der Waals surface area contributed by atoms with Crippen molar-refractivity contribution < 1.29 is 23.1 Å². The number of aryl methyl sites for hydroxylation is 1. The van der Waals surface area contributed by atoms with Gasteiger partial charge in [-0.3, -0.25) is 4.79 Å². The van der Waals surface area contributed by atoms with Gasteiger partial charge in [0, 0.05) is 18.1 Å². The SMILES string of the molecule is Cc1cc(Cl)ccc1S(=O)(=O)NC1(C(=O)O)CCOC1. The minimum absolute atomic E-state index is 0.00873. The molecule has 0 bridgehead atoms. The number of sulfonamides is 1. The minimum atomic E-state index is -3.96. The van der Waals surface area contributed by atoms with Crippen LogP contribution in [0.5, 0.6) is 0 Å². The standard InChI is InChI=1S/C12H14ClNO5S/c1-8-6-9(13)2-3-10(8)20(17,18)14-12(11(15)16)4-5-19-7-12/h2-3,6,14H,4-5,7H2,1H3,(H,15,16). The molecule has 1 aromatic carbocycles.